The summed E-state index contributed by atoms with van der Waals surface area (Å²) in [5.74, 6) is 0.340. The fourth-order valence-electron chi connectivity index (χ4n) is 2.85. The van der Waals surface area contributed by atoms with Crippen LogP contribution in [0.4, 0.5) is 0 Å². The molecule has 3 rings (SSSR count). The second kappa shape index (κ2) is 5.91. The van der Waals surface area contributed by atoms with Crippen LogP contribution >= 0.6 is 11.6 Å². The topological polar surface area (TPSA) is 51.5 Å². The summed E-state index contributed by atoms with van der Waals surface area (Å²) in [6, 6.07) is 2.07. The van der Waals surface area contributed by atoms with Gasteiger partial charge in [0.2, 0.25) is 10.0 Å². The van der Waals surface area contributed by atoms with E-state index >= 15 is 0 Å². The zero-order valence-corrected chi connectivity index (χ0v) is 13.7. The second-order valence-corrected chi connectivity index (χ2v) is 7.85. The molecule has 2 aliphatic rings. The lowest BCUT2D eigenvalue weighted by Crippen LogP contribution is -2.48. The Kier molecular flexibility index (Phi) is 4.32. The largest absolute Gasteiger partial charge is 0.378 e. The third-order valence-corrected chi connectivity index (χ3v) is 6.43. The summed E-state index contributed by atoms with van der Waals surface area (Å²) in [7, 11) is -3.47. The summed E-state index contributed by atoms with van der Waals surface area (Å²) in [4.78, 5) is 0.366. The number of hydrogen-bond acceptors (Lipinski definition) is 3. The van der Waals surface area contributed by atoms with Crippen LogP contribution < -0.4 is 0 Å². The maximum Gasteiger partial charge on any atom is 0.245 e. The van der Waals surface area contributed by atoms with E-state index in [0.29, 0.717) is 36.6 Å². The molecular weight excluding hydrogens is 312 g/mol. The Balaban J connectivity index is 1.93. The van der Waals surface area contributed by atoms with Crippen molar-refractivity contribution in [2.75, 3.05) is 19.8 Å². The fourth-order valence-corrected chi connectivity index (χ4v) is 4.79. The molecule has 5 nitrogen and oxygen atoms in total. The van der Waals surface area contributed by atoms with Crippen LogP contribution in [0.2, 0.25) is 0 Å². The highest BCUT2D eigenvalue weighted by molar-refractivity contribution is 7.89. The molecule has 0 spiro atoms. The number of nitrogens with zero attached hydrogens (tertiary/aromatic N) is 2. The highest BCUT2D eigenvalue weighted by Crippen LogP contribution is 2.38. The van der Waals surface area contributed by atoms with Gasteiger partial charge in [-0.15, -0.1) is 11.6 Å². The van der Waals surface area contributed by atoms with Crippen LogP contribution in [0.1, 0.15) is 37.9 Å². The first kappa shape index (κ1) is 15.3. The van der Waals surface area contributed by atoms with E-state index in [1.807, 2.05) is 11.5 Å². The van der Waals surface area contributed by atoms with Crippen molar-refractivity contribution in [1.29, 1.82) is 0 Å². The summed E-state index contributed by atoms with van der Waals surface area (Å²) in [6.45, 7) is 3.34. The summed E-state index contributed by atoms with van der Waals surface area (Å²) in [5, 5.41) is 0. The molecule has 1 aromatic rings. The molecule has 1 unspecified atom stereocenters. The maximum absolute atomic E-state index is 12.9. The second-order valence-electron chi connectivity index (χ2n) is 5.69. The van der Waals surface area contributed by atoms with Crippen LogP contribution in [-0.4, -0.2) is 43.1 Å². The summed E-state index contributed by atoms with van der Waals surface area (Å²) in [5.41, 5.74) is 0.888. The lowest BCUT2D eigenvalue weighted by Gasteiger charge is -2.33. The zero-order chi connectivity index (χ0) is 15.0. The standard InChI is InChI=1S/C14H21ClN2O3S/c1-2-11-10-20-6-5-17(11)21(18,19)14-7-13(8-15)16(9-14)12-3-4-12/h7,9,11-12H,2-6,8,10H2,1H3. The predicted octanol–water partition coefficient (Wildman–Crippen LogP) is 2.36. The highest BCUT2D eigenvalue weighted by Gasteiger charge is 2.35. The van der Waals surface area contributed by atoms with Gasteiger partial charge in [-0.3, -0.25) is 0 Å². The molecule has 1 saturated carbocycles. The molecule has 118 valence electrons. The Labute approximate surface area is 130 Å². The van der Waals surface area contributed by atoms with Gasteiger partial charge in [0.05, 0.1) is 19.1 Å². The number of halogens is 1. The quantitative estimate of drug-likeness (QED) is 0.778. The van der Waals surface area contributed by atoms with Crippen molar-refractivity contribution in [2.24, 2.45) is 0 Å². The third kappa shape index (κ3) is 2.86. The molecule has 0 bridgehead atoms. The SMILES string of the molecule is CCC1COCCN1S(=O)(=O)c1cc(CCl)n(C2CC2)c1. The lowest BCUT2D eigenvalue weighted by molar-refractivity contribution is 0.0314. The average molecular weight is 333 g/mol. The van der Waals surface area contributed by atoms with Crippen molar-refractivity contribution in [3.8, 4) is 0 Å². The monoisotopic (exact) mass is 332 g/mol. The molecule has 1 atom stereocenters. The number of sulfonamides is 1. The van der Waals surface area contributed by atoms with Gasteiger partial charge in [0.1, 0.15) is 4.90 Å². The molecule has 2 fully saturated rings. The molecule has 7 heteroatoms. The molecule has 0 aromatic carbocycles. The van der Waals surface area contributed by atoms with Crippen molar-refractivity contribution >= 4 is 21.6 Å². The molecule has 0 N–H and O–H groups in total. The number of morpholine rings is 1. The summed E-state index contributed by atoms with van der Waals surface area (Å²) < 4.78 is 34.8. The van der Waals surface area contributed by atoms with Gasteiger partial charge < -0.3 is 9.30 Å². The average Bonchev–Trinajstić information content (AvgIpc) is 3.25. The molecule has 1 aromatic heterocycles. The van der Waals surface area contributed by atoms with Gasteiger partial charge in [0.15, 0.2) is 0 Å². The molecular formula is C14H21ClN2O3S. The molecule has 2 heterocycles. The maximum atomic E-state index is 12.9. The Morgan fingerprint density at radius 2 is 2.19 bits per heavy atom. The van der Waals surface area contributed by atoms with Crippen LogP contribution in [-0.2, 0) is 20.6 Å². The van der Waals surface area contributed by atoms with Gasteiger partial charge in [-0.25, -0.2) is 8.42 Å². The van der Waals surface area contributed by atoms with E-state index in [9.17, 15) is 8.42 Å². The number of alkyl halides is 1. The number of hydrogen-bond donors (Lipinski definition) is 0. The van der Waals surface area contributed by atoms with Crippen molar-refractivity contribution in [2.45, 2.75) is 49.0 Å². The highest BCUT2D eigenvalue weighted by atomic mass is 35.5. The van der Waals surface area contributed by atoms with Gasteiger partial charge in [0, 0.05) is 30.5 Å². The Bertz CT molecular complexity index is 610. The van der Waals surface area contributed by atoms with Crippen molar-refractivity contribution < 1.29 is 13.2 Å². The van der Waals surface area contributed by atoms with Crippen molar-refractivity contribution in [3.05, 3.63) is 18.0 Å². The van der Waals surface area contributed by atoms with Gasteiger partial charge in [-0.05, 0) is 25.3 Å². The normalized spacial score (nSPS) is 24.4. The van der Waals surface area contributed by atoms with E-state index in [2.05, 4.69) is 0 Å². The van der Waals surface area contributed by atoms with Crippen LogP contribution in [0, 0.1) is 0 Å². The summed E-state index contributed by atoms with van der Waals surface area (Å²) in [6.07, 6.45) is 4.72. The van der Waals surface area contributed by atoms with Gasteiger partial charge in [-0.2, -0.15) is 4.31 Å². The molecule has 21 heavy (non-hydrogen) atoms. The van der Waals surface area contributed by atoms with E-state index in [4.69, 9.17) is 16.3 Å². The number of rotatable bonds is 5. The Morgan fingerprint density at radius 1 is 1.43 bits per heavy atom. The molecule has 1 aliphatic carbocycles. The summed E-state index contributed by atoms with van der Waals surface area (Å²) >= 11 is 5.96. The Morgan fingerprint density at radius 3 is 2.81 bits per heavy atom. The zero-order valence-electron chi connectivity index (χ0n) is 12.2. The Hall–Kier alpha value is -0.560. The van der Waals surface area contributed by atoms with E-state index in [1.54, 1.807) is 16.6 Å². The minimum atomic E-state index is -3.47. The van der Waals surface area contributed by atoms with Gasteiger partial charge >= 0.3 is 0 Å². The minimum absolute atomic E-state index is 0.0764. The van der Waals surface area contributed by atoms with Crippen LogP contribution in [0.25, 0.3) is 0 Å². The van der Waals surface area contributed by atoms with Gasteiger partial charge in [0.25, 0.3) is 0 Å². The lowest BCUT2D eigenvalue weighted by atomic mass is 10.2. The number of aromatic nitrogens is 1. The van der Waals surface area contributed by atoms with Crippen LogP contribution in [0.15, 0.2) is 17.2 Å². The smallest absolute Gasteiger partial charge is 0.245 e. The van der Waals surface area contributed by atoms with Crippen LogP contribution in [0.3, 0.4) is 0 Å². The third-order valence-electron chi connectivity index (χ3n) is 4.24. The molecule has 1 saturated heterocycles. The van der Waals surface area contributed by atoms with E-state index < -0.39 is 10.0 Å². The van der Waals surface area contributed by atoms with E-state index in [1.165, 1.54) is 0 Å². The minimum Gasteiger partial charge on any atom is -0.378 e. The van der Waals surface area contributed by atoms with Crippen molar-refractivity contribution in [3.63, 3.8) is 0 Å². The van der Waals surface area contributed by atoms with E-state index in [-0.39, 0.29) is 6.04 Å². The van der Waals surface area contributed by atoms with Gasteiger partial charge in [-0.1, -0.05) is 6.92 Å². The van der Waals surface area contributed by atoms with Crippen LogP contribution in [0.5, 0.6) is 0 Å². The first-order chi connectivity index (χ1) is 10.1. The molecule has 0 amide bonds. The molecule has 1 aliphatic heterocycles. The van der Waals surface area contributed by atoms with Crippen molar-refractivity contribution in [1.82, 2.24) is 8.87 Å². The predicted molar refractivity (Wildman–Crippen MR) is 81.0 cm³/mol. The van der Waals surface area contributed by atoms with E-state index in [0.717, 1.165) is 25.0 Å². The number of ether oxygens (including phenoxy) is 1. The molecule has 0 radical (unpaired) electrons. The first-order valence-corrected chi connectivity index (χ1v) is 9.41. The fraction of sp³-hybridized carbons (Fsp3) is 0.714. The first-order valence-electron chi connectivity index (χ1n) is 7.44.